The Bertz CT molecular complexity index is 1050. The molecular formula is C20H19F3N4O. The second-order valence-electron chi connectivity index (χ2n) is 7.22. The number of amides is 1. The zero-order valence-corrected chi connectivity index (χ0v) is 15.5. The minimum absolute atomic E-state index is 0.0416. The number of halogens is 3. The van der Waals surface area contributed by atoms with Gasteiger partial charge in [0.15, 0.2) is 5.65 Å². The van der Waals surface area contributed by atoms with Crippen LogP contribution >= 0.6 is 0 Å². The summed E-state index contributed by atoms with van der Waals surface area (Å²) >= 11 is 0. The molecule has 4 rings (SSSR count). The van der Waals surface area contributed by atoms with Gasteiger partial charge in [-0.15, -0.1) is 0 Å². The number of aryl methyl sites for hydroxylation is 2. The van der Waals surface area contributed by atoms with Crippen molar-refractivity contribution in [3.63, 3.8) is 0 Å². The Morgan fingerprint density at radius 2 is 1.89 bits per heavy atom. The number of fused-ring (bicyclic) bond motifs is 1. The molecule has 0 aliphatic heterocycles. The molecule has 2 aromatic heterocycles. The number of hydrogen-bond donors (Lipinski definition) is 1. The first kappa shape index (κ1) is 18.5. The normalized spacial score (nSPS) is 14.5. The Hall–Kier alpha value is -2.90. The summed E-state index contributed by atoms with van der Waals surface area (Å²) in [7, 11) is 0. The van der Waals surface area contributed by atoms with E-state index in [1.54, 1.807) is 12.1 Å². The molecule has 1 aliphatic carbocycles. The van der Waals surface area contributed by atoms with Crippen LogP contribution in [0, 0.1) is 13.8 Å². The fourth-order valence-corrected chi connectivity index (χ4v) is 3.27. The highest BCUT2D eigenvalue weighted by Crippen LogP contribution is 2.43. The fourth-order valence-electron chi connectivity index (χ4n) is 3.27. The van der Waals surface area contributed by atoms with Crippen LogP contribution in [-0.4, -0.2) is 20.7 Å². The van der Waals surface area contributed by atoms with Crippen LogP contribution in [0.1, 0.15) is 41.3 Å². The molecule has 3 aromatic rings. The maximum atomic E-state index is 13.6. The Balaban J connectivity index is 1.70. The van der Waals surface area contributed by atoms with E-state index in [1.807, 2.05) is 19.1 Å². The maximum absolute atomic E-state index is 13.6. The third-order valence-corrected chi connectivity index (χ3v) is 4.83. The molecule has 0 unspecified atom stereocenters. The highest BCUT2D eigenvalue weighted by Gasteiger charge is 2.37. The number of carbonyl (C=O) groups excluding carboxylic acids is 1. The van der Waals surface area contributed by atoms with Gasteiger partial charge in [0, 0.05) is 17.3 Å². The maximum Gasteiger partial charge on any atom is 0.417 e. The Kier molecular flexibility index (Phi) is 4.36. The SMILES string of the molecule is Cc1ccc(NC(=O)Cn2nc(C)c3c(C(F)(F)F)cc(C4CC4)nc32)cc1. The van der Waals surface area contributed by atoms with Crippen molar-refractivity contribution in [2.45, 2.75) is 45.3 Å². The van der Waals surface area contributed by atoms with Gasteiger partial charge in [-0.25, -0.2) is 9.67 Å². The minimum Gasteiger partial charge on any atom is -0.324 e. The lowest BCUT2D eigenvalue weighted by Gasteiger charge is -2.11. The highest BCUT2D eigenvalue weighted by atomic mass is 19.4. The van der Waals surface area contributed by atoms with E-state index in [1.165, 1.54) is 11.6 Å². The third kappa shape index (κ3) is 3.58. The second kappa shape index (κ2) is 6.61. The number of carbonyl (C=O) groups is 1. The van der Waals surface area contributed by atoms with Gasteiger partial charge in [-0.05, 0) is 44.9 Å². The van der Waals surface area contributed by atoms with Crippen LogP contribution in [0.15, 0.2) is 30.3 Å². The third-order valence-electron chi connectivity index (χ3n) is 4.83. The summed E-state index contributed by atoms with van der Waals surface area (Å²) in [5.41, 5.74) is 1.67. The van der Waals surface area contributed by atoms with Gasteiger partial charge in [0.2, 0.25) is 5.91 Å². The smallest absolute Gasteiger partial charge is 0.324 e. The van der Waals surface area contributed by atoms with E-state index in [0.717, 1.165) is 24.5 Å². The summed E-state index contributed by atoms with van der Waals surface area (Å²) in [5.74, 6) is -0.323. The van der Waals surface area contributed by atoms with E-state index in [9.17, 15) is 18.0 Å². The molecule has 0 bridgehead atoms. The molecular weight excluding hydrogens is 369 g/mol. The monoisotopic (exact) mass is 388 g/mol. The summed E-state index contributed by atoms with van der Waals surface area (Å²) in [5, 5.41) is 6.87. The number of nitrogens with zero attached hydrogens (tertiary/aromatic N) is 3. The van der Waals surface area contributed by atoms with E-state index in [2.05, 4.69) is 15.4 Å². The van der Waals surface area contributed by atoms with E-state index in [4.69, 9.17) is 0 Å². The summed E-state index contributed by atoms with van der Waals surface area (Å²) < 4.78 is 42.1. The van der Waals surface area contributed by atoms with Gasteiger partial charge < -0.3 is 5.32 Å². The number of aromatic nitrogens is 3. The molecule has 146 valence electrons. The van der Waals surface area contributed by atoms with Crippen LogP contribution < -0.4 is 5.32 Å². The second-order valence-corrected chi connectivity index (χ2v) is 7.22. The fraction of sp³-hybridized carbons (Fsp3) is 0.350. The lowest BCUT2D eigenvalue weighted by molar-refractivity contribution is -0.136. The number of benzene rings is 1. The molecule has 28 heavy (non-hydrogen) atoms. The first-order valence-electron chi connectivity index (χ1n) is 9.04. The van der Waals surface area contributed by atoms with Crippen molar-refractivity contribution in [3.05, 3.63) is 52.8 Å². The van der Waals surface area contributed by atoms with Crippen LogP contribution in [0.25, 0.3) is 11.0 Å². The largest absolute Gasteiger partial charge is 0.417 e. The molecule has 1 saturated carbocycles. The molecule has 0 saturated heterocycles. The molecule has 1 N–H and O–H groups in total. The number of hydrogen-bond acceptors (Lipinski definition) is 3. The van der Waals surface area contributed by atoms with E-state index in [-0.39, 0.29) is 35.1 Å². The molecule has 5 nitrogen and oxygen atoms in total. The van der Waals surface area contributed by atoms with Crippen molar-refractivity contribution >= 4 is 22.6 Å². The average molecular weight is 388 g/mol. The quantitative estimate of drug-likeness (QED) is 0.712. The molecule has 2 heterocycles. The number of nitrogens with one attached hydrogen (secondary N) is 1. The molecule has 1 amide bonds. The van der Waals surface area contributed by atoms with Crippen molar-refractivity contribution in [1.29, 1.82) is 0 Å². The number of rotatable bonds is 4. The number of pyridine rings is 1. The lowest BCUT2D eigenvalue weighted by Crippen LogP contribution is -2.20. The van der Waals surface area contributed by atoms with Crippen LogP contribution in [0.3, 0.4) is 0 Å². The predicted molar refractivity (Wildman–Crippen MR) is 99.1 cm³/mol. The van der Waals surface area contributed by atoms with E-state index >= 15 is 0 Å². The Morgan fingerprint density at radius 1 is 1.21 bits per heavy atom. The summed E-state index contributed by atoms with van der Waals surface area (Å²) in [6.45, 7) is 3.23. The van der Waals surface area contributed by atoms with Gasteiger partial charge in [0.05, 0.1) is 16.6 Å². The molecule has 8 heteroatoms. The average Bonchev–Trinajstić information content (AvgIpc) is 3.42. The summed E-state index contributed by atoms with van der Waals surface area (Å²) in [6, 6.07) is 8.39. The van der Waals surface area contributed by atoms with Crippen molar-refractivity contribution < 1.29 is 18.0 Å². The summed E-state index contributed by atoms with van der Waals surface area (Å²) in [6.07, 6.45) is -2.85. The van der Waals surface area contributed by atoms with Gasteiger partial charge >= 0.3 is 6.18 Å². The minimum atomic E-state index is -4.51. The summed E-state index contributed by atoms with van der Waals surface area (Å²) in [4.78, 5) is 16.8. The van der Waals surface area contributed by atoms with Gasteiger partial charge in [0.1, 0.15) is 6.54 Å². The van der Waals surface area contributed by atoms with Crippen LogP contribution in [0.5, 0.6) is 0 Å². The van der Waals surface area contributed by atoms with E-state index < -0.39 is 11.7 Å². The number of anilines is 1. The molecule has 0 spiro atoms. The first-order valence-corrected chi connectivity index (χ1v) is 9.04. The van der Waals surface area contributed by atoms with E-state index in [0.29, 0.717) is 11.4 Å². The van der Waals surface area contributed by atoms with Crippen molar-refractivity contribution in [1.82, 2.24) is 14.8 Å². The Labute approximate surface area is 159 Å². The van der Waals surface area contributed by atoms with Crippen molar-refractivity contribution in [2.75, 3.05) is 5.32 Å². The molecule has 1 aliphatic rings. The molecule has 1 fully saturated rings. The molecule has 0 radical (unpaired) electrons. The van der Waals surface area contributed by atoms with Gasteiger partial charge in [-0.3, -0.25) is 4.79 Å². The van der Waals surface area contributed by atoms with Gasteiger partial charge in [0.25, 0.3) is 0 Å². The van der Waals surface area contributed by atoms with Gasteiger partial charge in [-0.2, -0.15) is 18.3 Å². The molecule has 0 atom stereocenters. The first-order chi connectivity index (χ1) is 13.2. The van der Waals surface area contributed by atoms with Crippen LogP contribution in [-0.2, 0) is 17.5 Å². The van der Waals surface area contributed by atoms with Crippen LogP contribution in [0.2, 0.25) is 0 Å². The Morgan fingerprint density at radius 3 is 2.50 bits per heavy atom. The predicted octanol–water partition coefficient (Wildman–Crippen LogP) is 4.58. The lowest BCUT2D eigenvalue weighted by atomic mass is 10.1. The molecule has 1 aromatic carbocycles. The standard InChI is InChI=1S/C20H19F3N4O/c1-11-3-7-14(8-4-11)24-17(28)10-27-19-18(12(2)26-27)15(20(21,22)23)9-16(25-19)13-5-6-13/h3-4,7-9,13H,5-6,10H2,1-2H3,(H,24,28). The zero-order valence-electron chi connectivity index (χ0n) is 15.5. The van der Waals surface area contributed by atoms with Crippen LogP contribution in [0.4, 0.5) is 18.9 Å². The van der Waals surface area contributed by atoms with Gasteiger partial charge in [-0.1, -0.05) is 17.7 Å². The number of alkyl halides is 3. The highest BCUT2D eigenvalue weighted by molar-refractivity contribution is 5.92. The zero-order chi connectivity index (χ0) is 20.1. The topological polar surface area (TPSA) is 59.8 Å². The van der Waals surface area contributed by atoms with Crippen molar-refractivity contribution in [3.8, 4) is 0 Å². The van der Waals surface area contributed by atoms with Crippen molar-refractivity contribution in [2.24, 2.45) is 0 Å².